The lowest BCUT2D eigenvalue weighted by Gasteiger charge is -2.26. The van der Waals surface area contributed by atoms with Gasteiger partial charge in [-0.1, -0.05) is 6.07 Å². The number of ketones is 1. The molecule has 17 heavy (non-hydrogen) atoms. The van der Waals surface area contributed by atoms with E-state index < -0.39 is 0 Å². The first-order valence-electron chi connectivity index (χ1n) is 6.12. The van der Waals surface area contributed by atoms with Gasteiger partial charge in [-0.3, -0.25) is 9.59 Å². The molecule has 1 amide bonds. The molecule has 1 aromatic rings. The minimum absolute atomic E-state index is 0.0883. The molecule has 92 valence electrons. The van der Waals surface area contributed by atoms with Gasteiger partial charge in [0.05, 0.1) is 4.88 Å². The number of piperidine rings is 1. The molecule has 1 aliphatic heterocycles. The van der Waals surface area contributed by atoms with Crippen LogP contribution in [0.4, 0.5) is 0 Å². The molecular formula is C13H17NO2S. The third-order valence-electron chi connectivity index (χ3n) is 3.07. The number of hydrogen-bond acceptors (Lipinski definition) is 3. The van der Waals surface area contributed by atoms with Gasteiger partial charge < -0.3 is 4.90 Å². The van der Waals surface area contributed by atoms with Gasteiger partial charge in [0.1, 0.15) is 0 Å². The second-order valence-electron chi connectivity index (χ2n) is 4.34. The van der Waals surface area contributed by atoms with Gasteiger partial charge in [0, 0.05) is 25.9 Å². The molecule has 0 radical (unpaired) electrons. The topological polar surface area (TPSA) is 37.4 Å². The number of hydrogen-bond donors (Lipinski definition) is 0. The zero-order valence-electron chi connectivity index (χ0n) is 9.85. The summed E-state index contributed by atoms with van der Waals surface area (Å²) in [6.45, 7) is 1.73. The second-order valence-corrected chi connectivity index (χ2v) is 5.29. The number of nitrogens with zero attached hydrogens (tertiary/aromatic N) is 1. The van der Waals surface area contributed by atoms with Gasteiger partial charge in [-0.2, -0.15) is 0 Å². The number of carbonyl (C=O) groups is 2. The van der Waals surface area contributed by atoms with E-state index in [1.54, 1.807) is 0 Å². The average Bonchev–Trinajstić information content (AvgIpc) is 2.90. The van der Waals surface area contributed by atoms with Crippen LogP contribution in [-0.4, -0.2) is 29.7 Å². The SMILES string of the molecule is O=C(CCC(=O)N1CCCCC1)c1cccs1. The fourth-order valence-electron chi connectivity index (χ4n) is 2.08. The summed E-state index contributed by atoms with van der Waals surface area (Å²) in [5, 5.41) is 1.89. The van der Waals surface area contributed by atoms with E-state index in [2.05, 4.69) is 0 Å². The van der Waals surface area contributed by atoms with Crippen LogP contribution in [0.1, 0.15) is 41.8 Å². The molecule has 2 rings (SSSR count). The molecular weight excluding hydrogens is 234 g/mol. The van der Waals surface area contributed by atoms with Crippen molar-refractivity contribution in [3.63, 3.8) is 0 Å². The van der Waals surface area contributed by atoms with Gasteiger partial charge in [-0.05, 0) is 30.7 Å². The Morgan fingerprint density at radius 2 is 1.94 bits per heavy atom. The molecule has 0 saturated carbocycles. The number of thiophene rings is 1. The van der Waals surface area contributed by atoms with E-state index in [0.29, 0.717) is 12.8 Å². The Morgan fingerprint density at radius 1 is 1.18 bits per heavy atom. The van der Waals surface area contributed by atoms with Crippen LogP contribution in [-0.2, 0) is 4.79 Å². The maximum absolute atomic E-state index is 11.8. The fraction of sp³-hybridized carbons (Fsp3) is 0.538. The van der Waals surface area contributed by atoms with E-state index in [0.717, 1.165) is 30.8 Å². The van der Waals surface area contributed by atoms with Crippen molar-refractivity contribution < 1.29 is 9.59 Å². The van der Waals surface area contributed by atoms with E-state index in [9.17, 15) is 9.59 Å². The molecule has 0 atom stereocenters. The number of amides is 1. The lowest BCUT2D eigenvalue weighted by molar-refractivity contribution is -0.132. The standard InChI is InChI=1S/C13H17NO2S/c15-11(12-5-4-10-17-12)6-7-13(16)14-8-2-1-3-9-14/h4-5,10H,1-3,6-9H2. The van der Waals surface area contributed by atoms with Crippen molar-refractivity contribution in [1.29, 1.82) is 0 Å². The van der Waals surface area contributed by atoms with Crippen LogP contribution in [0, 0.1) is 0 Å². The molecule has 0 N–H and O–H groups in total. The van der Waals surface area contributed by atoms with Gasteiger partial charge in [0.15, 0.2) is 5.78 Å². The summed E-state index contributed by atoms with van der Waals surface area (Å²) in [7, 11) is 0. The summed E-state index contributed by atoms with van der Waals surface area (Å²) in [6.07, 6.45) is 4.12. The molecule has 1 aliphatic rings. The molecule has 3 nitrogen and oxygen atoms in total. The van der Waals surface area contributed by atoms with Gasteiger partial charge in [-0.25, -0.2) is 0 Å². The minimum Gasteiger partial charge on any atom is -0.343 e. The Bertz CT molecular complexity index is 380. The fourth-order valence-corrected chi connectivity index (χ4v) is 2.78. The van der Waals surface area contributed by atoms with Crippen molar-refractivity contribution in [1.82, 2.24) is 4.90 Å². The van der Waals surface area contributed by atoms with Gasteiger partial charge in [-0.15, -0.1) is 11.3 Å². The van der Waals surface area contributed by atoms with Gasteiger partial charge in [0.25, 0.3) is 0 Å². The quantitative estimate of drug-likeness (QED) is 0.772. The zero-order valence-corrected chi connectivity index (χ0v) is 10.7. The normalized spacial score (nSPS) is 15.9. The van der Waals surface area contributed by atoms with Crippen molar-refractivity contribution in [2.24, 2.45) is 0 Å². The minimum atomic E-state index is 0.0883. The van der Waals surface area contributed by atoms with Crippen molar-refractivity contribution in [2.45, 2.75) is 32.1 Å². The van der Waals surface area contributed by atoms with Gasteiger partial charge in [0.2, 0.25) is 5.91 Å². The van der Waals surface area contributed by atoms with E-state index in [1.807, 2.05) is 22.4 Å². The highest BCUT2D eigenvalue weighted by atomic mass is 32.1. The summed E-state index contributed by atoms with van der Waals surface area (Å²) >= 11 is 1.44. The summed E-state index contributed by atoms with van der Waals surface area (Å²) in [6, 6.07) is 3.68. The highest BCUT2D eigenvalue weighted by Gasteiger charge is 2.17. The van der Waals surface area contributed by atoms with Crippen molar-refractivity contribution >= 4 is 23.0 Å². The summed E-state index contributed by atoms with van der Waals surface area (Å²) in [5.41, 5.74) is 0. The Hall–Kier alpha value is -1.16. The first-order valence-corrected chi connectivity index (χ1v) is 7.00. The van der Waals surface area contributed by atoms with Crippen molar-refractivity contribution in [3.05, 3.63) is 22.4 Å². The van der Waals surface area contributed by atoms with E-state index >= 15 is 0 Å². The highest BCUT2D eigenvalue weighted by molar-refractivity contribution is 7.12. The van der Waals surface area contributed by atoms with E-state index in [-0.39, 0.29) is 11.7 Å². The van der Waals surface area contributed by atoms with Crippen LogP contribution in [0.25, 0.3) is 0 Å². The molecule has 0 aromatic carbocycles. The Labute approximate surface area is 105 Å². The average molecular weight is 251 g/mol. The molecule has 1 saturated heterocycles. The number of carbonyl (C=O) groups excluding carboxylic acids is 2. The lowest BCUT2D eigenvalue weighted by Crippen LogP contribution is -2.35. The molecule has 4 heteroatoms. The lowest BCUT2D eigenvalue weighted by atomic mass is 10.1. The van der Waals surface area contributed by atoms with Crippen molar-refractivity contribution in [3.8, 4) is 0 Å². The third kappa shape index (κ3) is 3.40. The van der Waals surface area contributed by atoms with Gasteiger partial charge >= 0.3 is 0 Å². The first-order chi connectivity index (χ1) is 8.27. The smallest absolute Gasteiger partial charge is 0.223 e. The predicted molar refractivity (Wildman–Crippen MR) is 68.3 cm³/mol. The summed E-state index contributed by atoms with van der Waals surface area (Å²) < 4.78 is 0. The molecule has 1 aromatic heterocycles. The number of rotatable bonds is 4. The van der Waals surface area contributed by atoms with Crippen LogP contribution in [0.5, 0.6) is 0 Å². The Morgan fingerprint density at radius 3 is 2.59 bits per heavy atom. The summed E-state index contributed by atoms with van der Waals surface area (Å²) in [5.74, 6) is 0.222. The van der Waals surface area contributed by atoms with E-state index in [1.165, 1.54) is 17.8 Å². The zero-order chi connectivity index (χ0) is 12.1. The van der Waals surface area contributed by atoms with Crippen LogP contribution in [0.3, 0.4) is 0 Å². The monoisotopic (exact) mass is 251 g/mol. The van der Waals surface area contributed by atoms with Crippen LogP contribution >= 0.6 is 11.3 Å². The number of Topliss-reactive ketones (excluding diaryl/α,β-unsaturated/α-hetero) is 1. The number of likely N-dealkylation sites (tertiary alicyclic amines) is 1. The molecule has 2 heterocycles. The molecule has 0 aliphatic carbocycles. The van der Waals surface area contributed by atoms with Crippen LogP contribution in [0.15, 0.2) is 17.5 Å². The Kier molecular flexibility index (Phi) is 4.31. The molecule has 1 fully saturated rings. The van der Waals surface area contributed by atoms with Crippen LogP contribution in [0.2, 0.25) is 0 Å². The predicted octanol–water partition coefficient (Wildman–Crippen LogP) is 2.72. The summed E-state index contributed by atoms with van der Waals surface area (Å²) in [4.78, 5) is 26.2. The molecule has 0 spiro atoms. The second kappa shape index (κ2) is 5.96. The highest BCUT2D eigenvalue weighted by Crippen LogP contribution is 2.14. The third-order valence-corrected chi connectivity index (χ3v) is 3.98. The Balaban J connectivity index is 1.77. The molecule has 0 bridgehead atoms. The first kappa shape index (κ1) is 12.3. The van der Waals surface area contributed by atoms with E-state index in [4.69, 9.17) is 0 Å². The largest absolute Gasteiger partial charge is 0.343 e. The molecule has 0 unspecified atom stereocenters. The van der Waals surface area contributed by atoms with Crippen LogP contribution < -0.4 is 0 Å². The van der Waals surface area contributed by atoms with Crippen molar-refractivity contribution in [2.75, 3.05) is 13.1 Å². The maximum Gasteiger partial charge on any atom is 0.223 e. The maximum atomic E-state index is 11.8.